The van der Waals surface area contributed by atoms with Crippen molar-refractivity contribution in [3.8, 4) is 28.9 Å². The molecule has 5 rings (SSSR count). The molecule has 0 saturated carbocycles. The van der Waals surface area contributed by atoms with Gasteiger partial charge in [-0.05, 0) is 60.7 Å². The van der Waals surface area contributed by atoms with Crippen molar-refractivity contribution in [2.75, 3.05) is 63.2 Å². The second-order valence-electron chi connectivity index (χ2n) is 9.02. The van der Waals surface area contributed by atoms with Gasteiger partial charge in [0.05, 0.1) is 40.7 Å². The van der Waals surface area contributed by atoms with Gasteiger partial charge in [0.2, 0.25) is 11.8 Å². The fraction of sp³-hybridized carbons (Fsp3) is 0.233. The molecular weight excluding hydrogens is 526 g/mol. The number of rotatable bonds is 10. The Hall–Kier alpha value is -5.03. The summed E-state index contributed by atoms with van der Waals surface area (Å²) in [5.74, 6) is 2.20. The third-order valence-electron chi connectivity index (χ3n) is 6.39. The average molecular weight is 558 g/mol. The van der Waals surface area contributed by atoms with Crippen molar-refractivity contribution < 1.29 is 28.5 Å². The summed E-state index contributed by atoms with van der Waals surface area (Å²) in [6.07, 6.45) is 1.49. The van der Waals surface area contributed by atoms with Gasteiger partial charge in [-0.2, -0.15) is 4.98 Å². The summed E-state index contributed by atoms with van der Waals surface area (Å²) in [5.41, 5.74) is 2.54. The second-order valence-corrected chi connectivity index (χ2v) is 9.02. The van der Waals surface area contributed by atoms with Gasteiger partial charge in [0.25, 0.3) is 5.91 Å². The van der Waals surface area contributed by atoms with Gasteiger partial charge in [-0.3, -0.25) is 4.79 Å². The van der Waals surface area contributed by atoms with Gasteiger partial charge < -0.3 is 39.2 Å². The van der Waals surface area contributed by atoms with Crippen LogP contribution in [0.3, 0.4) is 0 Å². The highest BCUT2D eigenvalue weighted by Gasteiger charge is 2.17. The molecule has 0 radical (unpaired) electrons. The van der Waals surface area contributed by atoms with E-state index in [1.54, 1.807) is 49.6 Å². The Bertz CT molecular complexity index is 1450. The molecule has 1 fully saturated rings. The van der Waals surface area contributed by atoms with Crippen molar-refractivity contribution in [2.24, 2.45) is 0 Å². The standard InChI is InChI=1S/C30H31N5O6/c1-37-23-8-10-24(11-9-23)41-29-27(33-28(36)20-16-25(38-2)18-26(17-20)39-3)19-31-30(34-29)32-21-4-6-22(7-5-21)35-12-14-40-15-13-35/h4-11,16-19H,12-15H2,1-3H3,(H,33,36)(H,31,32,34). The van der Waals surface area contributed by atoms with Crippen LogP contribution in [-0.4, -0.2) is 63.5 Å². The predicted octanol–water partition coefficient (Wildman–Crippen LogP) is 5.13. The third-order valence-corrected chi connectivity index (χ3v) is 6.39. The van der Waals surface area contributed by atoms with Crippen LogP contribution in [0.25, 0.3) is 0 Å². The maximum absolute atomic E-state index is 13.2. The highest BCUT2D eigenvalue weighted by atomic mass is 16.5. The minimum Gasteiger partial charge on any atom is -0.497 e. The Morgan fingerprint density at radius 3 is 2.10 bits per heavy atom. The van der Waals surface area contributed by atoms with Crippen LogP contribution in [0.15, 0.2) is 72.9 Å². The highest BCUT2D eigenvalue weighted by molar-refractivity contribution is 6.05. The number of methoxy groups -OCH3 is 3. The average Bonchev–Trinajstić information content (AvgIpc) is 3.03. The van der Waals surface area contributed by atoms with Crippen LogP contribution in [0.1, 0.15) is 10.4 Å². The first-order valence-electron chi connectivity index (χ1n) is 13.0. The Morgan fingerprint density at radius 2 is 1.46 bits per heavy atom. The maximum atomic E-state index is 13.2. The minimum absolute atomic E-state index is 0.154. The van der Waals surface area contributed by atoms with Gasteiger partial charge in [-0.1, -0.05) is 0 Å². The number of morpholine rings is 1. The lowest BCUT2D eigenvalue weighted by Crippen LogP contribution is -2.36. The Kier molecular flexibility index (Phi) is 8.65. The summed E-state index contributed by atoms with van der Waals surface area (Å²) in [4.78, 5) is 24.5. The SMILES string of the molecule is COc1ccc(Oc2nc(Nc3ccc(N4CCOCC4)cc3)ncc2NC(=O)c2cc(OC)cc(OC)c2)cc1. The van der Waals surface area contributed by atoms with Crippen LogP contribution in [0.4, 0.5) is 23.0 Å². The predicted molar refractivity (Wildman–Crippen MR) is 155 cm³/mol. The molecule has 0 atom stereocenters. The highest BCUT2D eigenvalue weighted by Crippen LogP contribution is 2.31. The van der Waals surface area contributed by atoms with Crippen LogP contribution in [0.2, 0.25) is 0 Å². The van der Waals surface area contributed by atoms with Crippen LogP contribution in [0, 0.1) is 0 Å². The second kappa shape index (κ2) is 12.9. The molecule has 1 amide bonds. The molecule has 4 aromatic rings. The number of carbonyl (C=O) groups is 1. The number of amides is 1. The molecule has 1 saturated heterocycles. The van der Waals surface area contributed by atoms with Crippen LogP contribution in [0.5, 0.6) is 28.9 Å². The summed E-state index contributed by atoms with van der Waals surface area (Å²) in [7, 11) is 4.63. The van der Waals surface area contributed by atoms with Crippen LogP contribution >= 0.6 is 0 Å². The molecule has 11 nitrogen and oxygen atoms in total. The van der Waals surface area contributed by atoms with Crippen molar-refractivity contribution in [1.82, 2.24) is 9.97 Å². The van der Waals surface area contributed by atoms with E-state index in [2.05, 4.69) is 25.5 Å². The Balaban J connectivity index is 1.39. The number of carbonyl (C=O) groups excluding carboxylic acids is 1. The molecule has 41 heavy (non-hydrogen) atoms. The van der Waals surface area contributed by atoms with E-state index in [0.29, 0.717) is 34.5 Å². The number of hydrogen-bond donors (Lipinski definition) is 2. The first-order chi connectivity index (χ1) is 20.0. The summed E-state index contributed by atoms with van der Waals surface area (Å²) < 4.78 is 27.4. The number of aromatic nitrogens is 2. The largest absolute Gasteiger partial charge is 0.497 e. The molecule has 1 aliphatic heterocycles. The molecule has 11 heteroatoms. The molecule has 1 aromatic heterocycles. The molecule has 3 aromatic carbocycles. The van der Waals surface area contributed by atoms with Crippen molar-refractivity contribution in [3.05, 3.63) is 78.5 Å². The van der Waals surface area contributed by atoms with E-state index in [4.69, 9.17) is 23.7 Å². The van der Waals surface area contributed by atoms with Crippen LogP contribution in [-0.2, 0) is 4.74 Å². The zero-order valence-electron chi connectivity index (χ0n) is 23.0. The number of nitrogens with zero attached hydrogens (tertiary/aromatic N) is 3. The van der Waals surface area contributed by atoms with E-state index in [9.17, 15) is 4.79 Å². The number of anilines is 4. The fourth-order valence-electron chi connectivity index (χ4n) is 4.18. The van der Waals surface area contributed by atoms with Gasteiger partial charge in [0.1, 0.15) is 28.7 Å². The number of hydrogen-bond acceptors (Lipinski definition) is 10. The summed E-state index contributed by atoms with van der Waals surface area (Å²) in [6.45, 7) is 3.16. The summed E-state index contributed by atoms with van der Waals surface area (Å²) >= 11 is 0. The maximum Gasteiger partial charge on any atom is 0.256 e. The minimum atomic E-state index is -0.412. The van der Waals surface area contributed by atoms with E-state index in [-0.39, 0.29) is 11.6 Å². The zero-order valence-corrected chi connectivity index (χ0v) is 23.0. The molecule has 0 unspecified atom stereocenters. The normalized spacial score (nSPS) is 12.8. The first kappa shape index (κ1) is 27.5. The molecule has 2 heterocycles. The lowest BCUT2D eigenvalue weighted by atomic mass is 10.2. The van der Waals surface area contributed by atoms with E-state index < -0.39 is 5.91 Å². The Labute approximate surface area is 238 Å². The first-order valence-corrected chi connectivity index (χ1v) is 13.0. The lowest BCUT2D eigenvalue weighted by molar-refractivity contribution is 0.102. The zero-order chi connectivity index (χ0) is 28.6. The summed E-state index contributed by atoms with van der Waals surface area (Å²) in [5, 5.41) is 6.05. The van der Waals surface area contributed by atoms with E-state index in [1.165, 1.54) is 20.4 Å². The topological polar surface area (TPSA) is 116 Å². The van der Waals surface area contributed by atoms with E-state index in [0.717, 1.165) is 37.7 Å². The van der Waals surface area contributed by atoms with Gasteiger partial charge >= 0.3 is 0 Å². The number of ether oxygens (including phenoxy) is 5. The smallest absolute Gasteiger partial charge is 0.256 e. The fourth-order valence-corrected chi connectivity index (χ4v) is 4.18. The molecular formula is C30H31N5O6. The molecule has 0 bridgehead atoms. The van der Waals surface area contributed by atoms with Gasteiger partial charge in [-0.15, -0.1) is 0 Å². The third kappa shape index (κ3) is 6.95. The van der Waals surface area contributed by atoms with Crippen molar-refractivity contribution >= 4 is 28.9 Å². The Morgan fingerprint density at radius 1 is 0.829 bits per heavy atom. The van der Waals surface area contributed by atoms with Crippen molar-refractivity contribution in [2.45, 2.75) is 0 Å². The number of benzene rings is 3. The van der Waals surface area contributed by atoms with E-state index >= 15 is 0 Å². The van der Waals surface area contributed by atoms with E-state index in [1.807, 2.05) is 24.3 Å². The summed E-state index contributed by atoms with van der Waals surface area (Å²) in [6, 6.07) is 19.9. The van der Waals surface area contributed by atoms with Gasteiger partial charge in [0.15, 0.2) is 0 Å². The molecule has 0 spiro atoms. The lowest BCUT2D eigenvalue weighted by Gasteiger charge is -2.28. The molecule has 1 aliphatic rings. The molecule has 0 aliphatic carbocycles. The van der Waals surface area contributed by atoms with Gasteiger partial charge in [0, 0.05) is 36.1 Å². The van der Waals surface area contributed by atoms with Crippen LogP contribution < -0.4 is 34.5 Å². The number of nitrogens with one attached hydrogen (secondary N) is 2. The van der Waals surface area contributed by atoms with Gasteiger partial charge in [-0.25, -0.2) is 4.98 Å². The molecule has 2 N–H and O–H groups in total. The molecule has 212 valence electrons. The monoisotopic (exact) mass is 557 g/mol. The van der Waals surface area contributed by atoms with Crippen molar-refractivity contribution in [1.29, 1.82) is 0 Å². The van der Waals surface area contributed by atoms with Crippen molar-refractivity contribution in [3.63, 3.8) is 0 Å². The quantitative estimate of drug-likeness (QED) is 0.272.